The van der Waals surface area contributed by atoms with Crippen molar-refractivity contribution >= 4 is 0 Å². The van der Waals surface area contributed by atoms with Crippen LogP contribution in [0.4, 0.5) is 8.78 Å². The lowest BCUT2D eigenvalue weighted by Gasteiger charge is -2.37. The average Bonchev–Trinajstić information content (AvgIpc) is 3.12. The van der Waals surface area contributed by atoms with Gasteiger partial charge in [-0.3, -0.25) is 4.90 Å². The molecule has 1 aromatic rings. The molecule has 1 aliphatic carbocycles. The lowest BCUT2D eigenvalue weighted by molar-refractivity contribution is 0.00136. The van der Waals surface area contributed by atoms with Gasteiger partial charge in [-0.2, -0.15) is 0 Å². The average molecular weight is 279 g/mol. The molecule has 1 nitrogen and oxygen atoms in total. The van der Waals surface area contributed by atoms with Crippen molar-refractivity contribution in [1.29, 1.82) is 0 Å². The van der Waals surface area contributed by atoms with Crippen molar-refractivity contribution in [3.8, 4) is 0 Å². The fourth-order valence-corrected chi connectivity index (χ4v) is 3.38. The van der Waals surface area contributed by atoms with E-state index in [0.29, 0.717) is 5.92 Å². The molecule has 1 heterocycles. The number of hydrogen-bond acceptors (Lipinski definition) is 1. The molecule has 1 atom stereocenters. The lowest BCUT2D eigenvalue weighted by Crippen LogP contribution is -2.42. The Kier molecular flexibility index (Phi) is 3.16. The molecule has 0 amide bonds. The summed E-state index contributed by atoms with van der Waals surface area (Å²) < 4.78 is 27.9. The quantitative estimate of drug-likeness (QED) is 0.755. The fraction of sp³-hybridized carbons (Fsp3) is 0.647. The van der Waals surface area contributed by atoms with Crippen molar-refractivity contribution < 1.29 is 8.78 Å². The van der Waals surface area contributed by atoms with Gasteiger partial charge in [-0.05, 0) is 50.7 Å². The molecule has 0 spiro atoms. The number of benzene rings is 1. The van der Waals surface area contributed by atoms with E-state index in [2.05, 4.69) is 12.1 Å². The smallest absolute Gasteiger partial charge is 0.262 e. The highest BCUT2D eigenvalue weighted by Crippen LogP contribution is 2.49. The minimum absolute atomic E-state index is 0.0476. The monoisotopic (exact) mass is 279 g/mol. The Morgan fingerprint density at radius 3 is 2.25 bits per heavy atom. The van der Waals surface area contributed by atoms with Crippen molar-refractivity contribution in [3.05, 3.63) is 35.4 Å². The largest absolute Gasteiger partial charge is 0.285 e. The Bertz CT molecular complexity index is 500. The number of rotatable bonds is 2. The molecule has 2 aliphatic rings. The SMILES string of the molecule is CC(C)(C)N1CC(F)(F)C[C@@H]1c1ccccc1C1CC1. The lowest BCUT2D eigenvalue weighted by atomic mass is 9.93. The molecule has 3 heteroatoms. The van der Waals surface area contributed by atoms with Crippen molar-refractivity contribution in [1.82, 2.24) is 4.90 Å². The van der Waals surface area contributed by atoms with Crippen LogP contribution >= 0.6 is 0 Å². The van der Waals surface area contributed by atoms with E-state index < -0.39 is 5.92 Å². The predicted molar refractivity (Wildman–Crippen MR) is 77.2 cm³/mol. The molecule has 0 aromatic heterocycles. The van der Waals surface area contributed by atoms with Crippen LogP contribution in [0.3, 0.4) is 0 Å². The molecule has 0 unspecified atom stereocenters. The maximum Gasteiger partial charge on any atom is 0.262 e. The van der Waals surface area contributed by atoms with Gasteiger partial charge < -0.3 is 0 Å². The normalized spacial score (nSPS) is 26.9. The standard InChI is InChI=1S/C17H23F2N/c1-16(2,3)20-11-17(18,19)10-15(20)14-7-5-4-6-13(14)12-8-9-12/h4-7,12,15H,8-11H2,1-3H3/t15-/m1/s1. The van der Waals surface area contributed by atoms with Crippen molar-refractivity contribution in [2.24, 2.45) is 0 Å². The zero-order valence-electron chi connectivity index (χ0n) is 12.5. The molecule has 110 valence electrons. The summed E-state index contributed by atoms with van der Waals surface area (Å²) in [5.41, 5.74) is 2.19. The zero-order valence-corrected chi connectivity index (χ0v) is 12.5. The first-order valence-electron chi connectivity index (χ1n) is 7.51. The minimum atomic E-state index is -2.57. The van der Waals surface area contributed by atoms with Gasteiger partial charge >= 0.3 is 0 Å². The number of nitrogens with zero attached hydrogens (tertiary/aromatic N) is 1. The van der Waals surface area contributed by atoms with Gasteiger partial charge in [0, 0.05) is 18.0 Å². The Hall–Kier alpha value is -0.960. The van der Waals surface area contributed by atoms with Gasteiger partial charge in [0.25, 0.3) is 5.92 Å². The van der Waals surface area contributed by atoms with E-state index >= 15 is 0 Å². The van der Waals surface area contributed by atoms with Gasteiger partial charge in [0.1, 0.15) is 0 Å². The fourth-order valence-electron chi connectivity index (χ4n) is 3.38. The van der Waals surface area contributed by atoms with E-state index in [1.807, 2.05) is 37.8 Å². The van der Waals surface area contributed by atoms with Crippen LogP contribution in [0.5, 0.6) is 0 Å². The molecule has 3 rings (SSSR count). The highest BCUT2D eigenvalue weighted by molar-refractivity contribution is 5.36. The third kappa shape index (κ3) is 2.60. The molecular weight excluding hydrogens is 256 g/mol. The van der Waals surface area contributed by atoms with E-state index in [1.54, 1.807) is 0 Å². The van der Waals surface area contributed by atoms with Crippen LogP contribution in [0.15, 0.2) is 24.3 Å². The van der Waals surface area contributed by atoms with E-state index in [4.69, 9.17) is 0 Å². The summed E-state index contributed by atoms with van der Waals surface area (Å²) in [5.74, 6) is -1.98. The molecule has 0 radical (unpaired) electrons. The summed E-state index contributed by atoms with van der Waals surface area (Å²) in [6, 6.07) is 8.05. The molecule has 1 aromatic carbocycles. The molecule has 20 heavy (non-hydrogen) atoms. The number of likely N-dealkylation sites (tertiary alicyclic amines) is 1. The molecule has 1 aliphatic heterocycles. The van der Waals surface area contributed by atoms with Gasteiger partial charge in [-0.25, -0.2) is 8.78 Å². The van der Waals surface area contributed by atoms with Crippen molar-refractivity contribution in [2.45, 2.75) is 63.5 Å². The van der Waals surface area contributed by atoms with Gasteiger partial charge in [0.05, 0.1) is 6.54 Å². The number of hydrogen-bond donors (Lipinski definition) is 0. The second-order valence-corrected chi connectivity index (χ2v) is 7.28. The first-order chi connectivity index (χ1) is 9.28. The molecule has 0 N–H and O–H groups in total. The third-order valence-corrected chi connectivity index (χ3v) is 4.50. The number of alkyl halides is 2. The molecule has 1 saturated heterocycles. The maximum atomic E-state index is 14.0. The first-order valence-corrected chi connectivity index (χ1v) is 7.51. The van der Waals surface area contributed by atoms with Gasteiger partial charge in [-0.15, -0.1) is 0 Å². The third-order valence-electron chi connectivity index (χ3n) is 4.50. The second kappa shape index (κ2) is 4.52. The molecule has 0 bridgehead atoms. The Balaban J connectivity index is 1.99. The Morgan fingerprint density at radius 2 is 1.70 bits per heavy atom. The zero-order chi connectivity index (χ0) is 14.5. The molecule has 1 saturated carbocycles. The number of halogens is 2. The van der Waals surface area contributed by atoms with E-state index in [-0.39, 0.29) is 24.5 Å². The second-order valence-electron chi connectivity index (χ2n) is 7.28. The minimum Gasteiger partial charge on any atom is -0.285 e. The van der Waals surface area contributed by atoms with Gasteiger partial charge in [0.15, 0.2) is 0 Å². The first kappa shape index (κ1) is 14.0. The van der Waals surface area contributed by atoms with Crippen LogP contribution in [0.1, 0.15) is 63.1 Å². The van der Waals surface area contributed by atoms with Crippen LogP contribution < -0.4 is 0 Å². The summed E-state index contributed by atoms with van der Waals surface area (Å²) >= 11 is 0. The van der Waals surface area contributed by atoms with Crippen LogP contribution in [0.25, 0.3) is 0 Å². The summed E-state index contributed by atoms with van der Waals surface area (Å²) in [5, 5.41) is 0. The van der Waals surface area contributed by atoms with Crippen LogP contribution in [-0.4, -0.2) is 22.9 Å². The van der Waals surface area contributed by atoms with E-state index in [9.17, 15) is 8.78 Å². The summed E-state index contributed by atoms with van der Waals surface area (Å²) in [7, 11) is 0. The maximum absolute atomic E-state index is 14.0. The Morgan fingerprint density at radius 1 is 1.10 bits per heavy atom. The van der Waals surface area contributed by atoms with Crippen LogP contribution in [-0.2, 0) is 0 Å². The summed E-state index contributed by atoms with van der Waals surface area (Å²) in [4.78, 5) is 1.98. The van der Waals surface area contributed by atoms with Crippen molar-refractivity contribution in [3.63, 3.8) is 0 Å². The highest BCUT2D eigenvalue weighted by atomic mass is 19.3. The van der Waals surface area contributed by atoms with Crippen molar-refractivity contribution in [2.75, 3.05) is 6.54 Å². The van der Waals surface area contributed by atoms with E-state index in [0.717, 1.165) is 5.56 Å². The van der Waals surface area contributed by atoms with Crippen LogP contribution in [0, 0.1) is 0 Å². The Labute approximate surface area is 120 Å². The summed E-state index contributed by atoms with van der Waals surface area (Å²) in [6.07, 6.45) is 2.36. The van der Waals surface area contributed by atoms with Crippen LogP contribution in [0.2, 0.25) is 0 Å². The predicted octanol–water partition coefficient (Wildman–Crippen LogP) is 4.74. The van der Waals surface area contributed by atoms with E-state index in [1.165, 1.54) is 18.4 Å². The molecule has 2 fully saturated rings. The van der Waals surface area contributed by atoms with Gasteiger partial charge in [0.2, 0.25) is 0 Å². The highest BCUT2D eigenvalue weighted by Gasteiger charge is 2.49. The molecular formula is C17H23F2N. The topological polar surface area (TPSA) is 3.24 Å². The van der Waals surface area contributed by atoms with Gasteiger partial charge in [-0.1, -0.05) is 24.3 Å². The summed E-state index contributed by atoms with van der Waals surface area (Å²) in [6.45, 7) is 5.96.